The number of alkyl halides is 1. The standard InChI is InChI=1S/C15H23Cl/c1-4-13(3)11-15(5-2,12-16)14-9-7-6-8-10-14/h6-10,13H,4-5,11-12H2,1-3H3. The molecule has 0 aromatic heterocycles. The predicted molar refractivity (Wildman–Crippen MR) is 73.2 cm³/mol. The molecule has 2 unspecified atom stereocenters. The molecule has 0 saturated carbocycles. The van der Waals surface area contributed by atoms with E-state index in [1.54, 1.807) is 0 Å². The molecule has 0 fully saturated rings. The highest BCUT2D eigenvalue weighted by Crippen LogP contribution is 2.36. The minimum Gasteiger partial charge on any atom is -0.126 e. The quantitative estimate of drug-likeness (QED) is 0.612. The van der Waals surface area contributed by atoms with Crippen LogP contribution in [-0.2, 0) is 5.41 Å². The zero-order valence-electron chi connectivity index (χ0n) is 10.7. The van der Waals surface area contributed by atoms with Crippen LogP contribution in [0, 0.1) is 5.92 Å². The summed E-state index contributed by atoms with van der Waals surface area (Å²) < 4.78 is 0. The Morgan fingerprint density at radius 2 is 1.81 bits per heavy atom. The summed E-state index contributed by atoms with van der Waals surface area (Å²) in [5.74, 6) is 1.46. The summed E-state index contributed by atoms with van der Waals surface area (Å²) in [6.45, 7) is 6.82. The van der Waals surface area contributed by atoms with Crippen LogP contribution >= 0.6 is 11.6 Å². The summed E-state index contributed by atoms with van der Waals surface area (Å²) >= 11 is 6.26. The molecule has 0 saturated heterocycles. The topological polar surface area (TPSA) is 0 Å². The highest BCUT2D eigenvalue weighted by molar-refractivity contribution is 6.18. The van der Waals surface area contributed by atoms with Crippen LogP contribution in [0.4, 0.5) is 0 Å². The first-order valence-corrected chi connectivity index (χ1v) is 6.83. The number of halogens is 1. The van der Waals surface area contributed by atoms with Crippen LogP contribution in [-0.4, -0.2) is 5.88 Å². The Bertz CT molecular complexity index is 288. The molecule has 90 valence electrons. The fourth-order valence-corrected chi connectivity index (χ4v) is 2.75. The van der Waals surface area contributed by atoms with Crippen molar-refractivity contribution in [3.8, 4) is 0 Å². The molecule has 0 spiro atoms. The number of hydrogen-bond acceptors (Lipinski definition) is 0. The second kappa shape index (κ2) is 6.30. The van der Waals surface area contributed by atoms with E-state index in [4.69, 9.17) is 11.6 Å². The number of rotatable bonds is 6. The van der Waals surface area contributed by atoms with Gasteiger partial charge in [-0.25, -0.2) is 0 Å². The van der Waals surface area contributed by atoms with Crippen molar-refractivity contribution in [1.82, 2.24) is 0 Å². The third kappa shape index (κ3) is 3.01. The molecule has 0 nitrogen and oxygen atoms in total. The van der Waals surface area contributed by atoms with E-state index >= 15 is 0 Å². The summed E-state index contributed by atoms with van der Waals surface area (Å²) in [6.07, 6.45) is 3.53. The van der Waals surface area contributed by atoms with Crippen molar-refractivity contribution < 1.29 is 0 Å². The van der Waals surface area contributed by atoms with Gasteiger partial charge in [0.25, 0.3) is 0 Å². The molecule has 0 aliphatic carbocycles. The lowest BCUT2D eigenvalue weighted by atomic mass is 9.73. The van der Waals surface area contributed by atoms with Gasteiger partial charge in [-0.1, -0.05) is 57.5 Å². The molecule has 0 amide bonds. The maximum atomic E-state index is 6.26. The smallest absolute Gasteiger partial charge is 0.0320 e. The van der Waals surface area contributed by atoms with Gasteiger partial charge in [0.15, 0.2) is 0 Å². The monoisotopic (exact) mass is 238 g/mol. The Morgan fingerprint density at radius 1 is 1.19 bits per heavy atom. The lowest BCUT2D eigenvalue weighted by Crippen LogP contribution is -2.29. The van der Waals surface area contributed by atoms with Crippen molar-refractivity contribution in [2.75, 3.05) is 5.88 Å². The Kier molecular flexibility index (Phi) is 5.34. The van der Waals surface area contributed by atoms with E-state index in [1.807, 2.05) is 0 Å². The maximum Gasteiger partial charge on any atom is 0.0320 e. The van der Waals surface area contributed by atoms with E-state index in [0.29, 0.717) is 0 Å². The molecule has 0 aliphatic heterocycles. The maximum absolute atomic E-state index is 6.26. The number of benzene rings is 1. The molecular weight excluding hydrogens is 216 g/mol. The third-order valence-electron chi connectivity index (χ3n) is 3.75. The van der Waals surface area contributed by atoms with Crippen LogP contribution in [0.5, 0.6) is 0 Å². The molecule has 0 aliphatic rings. The van der Waals surface area contributed by atoms with Crippen molar-refractivity contribution in [3.63, 3.8) is 0 Å². The molecule has 0 bridgehead atoms. The second-order valence-corrected chi connectivity index (χ2v) is 5.12. The van der Waals surface area contributed by atoms with E-state index in [2.05, 4.69) is 51.1 Å². The molecule has 1 heteroatoms. The minimum absolute atomic E-state index is 0.165. The van der Waals surface area contributed by atoms with E-state index in [0.717, 1.165) is 18.2 Å². The fourth-order valence-electron chi connectivity index (χ4n) is 2.30. The SMILES string of the molecule is CCC(C)CC(CC)(CCl)c1ccccc1. The zero-order valence-corrected chi connectivity index (χ0v) is 11.4. The van der Waals surface area contributed by atoms with Crippen molar-refractivity contribution in [3.05, 3.63) is 35.9 Å². The fraction of sp³-hybridized carbons (Fsp3) is 0.600. The Balaban J connectivity index is 2.96. The Morgan fingerprint density at radius 3 is 2.25 bits per heavy atom. The van der Waals surface area contributed by atoms with Gasteiger partial charge >= 0.3 is 0 Å². The van der Waals surface area contributed by atoms with E-state index in [9.17, 15) is 0 Å². The largest absolute Gasteiger partial charge is 0.126 e. The average Bonchev–Trinajstić information content (AvgIpc) is 2.37. The highest BCUT2D eigenvalue weighted by Gasteiger charge is 2.30. The van der Waals surface area contributed by atoms with Gasteiger partial charge in [0.1, 0.15) is 0 Å². The summed E-state index contributed by atoms with van der Waals surface area (Å²) in [6, 6.07) is 10.7. The van der Waals surface area contributed by atoms with Crippen LogP contribution in [0.25, 0.3) is 0 Å². The first-order valence-electron chi connectivity index (χ1n) is 6.30. The lowest BCUT2D eigenvalue weighted by Gasteiger charge is -2.33. The van der Waals surface area contributed by atoms with Gasteiger partial charge < -0.3 is 0 Å². The Hall–Kier alpha value is -0.490. The third-order valence-corrected chi connectivity index (χ3v) is 4.27. The highest BCUT2D eigenvalue weighted by atomic mass is 35.5. The molecule has 0 N–H and O–H groups in total. The molecule has 2 atom stereocenters. The van der Waals surface area contributed by atoms with E-state index in [-0.39, 0.29) is 5.41 Å². The first-order chi connectivity index (χ1) is 7.68. The van der Waals surface area contributed by atoms with Crippen molar-refractivity contribution in [2.24, 2.45) is 5.92 Å². The molecule has 16 heavy (non-hydrogen) atoms. The summed E-state index contributed by atoms with van der Waals surface area (Å²) in [5, 5.41) is 0. The predicted octanol–water partition coefficient (Wildman–Crippen LogP) is 5.01. The van der Waals surface area contributed by atoms with Crippen molar-refractivity contribution >= 4 is 11.6 Å². The first kappa shape index (κ1) is 13.6. The Labute approximate surface area is 105 Å². The summed E-state index contributed by atoms with van der Waals surface area (Å²) in [7, 11) is 0. The van der Waals surface area contributed by atoms with Crippen LogP contribution in [0.2, 0.25) is 0 Å². The summed E-state index contributed by atoms with van der Waals surface area (Å²) in [5.41, 5.74) is 1.56. The molecule has 1 rings (SSSR count). The molecule has 1 aromatic rings. The molecule has 1 aromatic carbocycles. The molecule has 0 heterocycles. The van der Waals surface area contributed by atoms with E-state index < -0.39 is 0 Å². The minimum atomic E-state index is 0.165. The van der Waals surface area contributed by atoms with Crippen LogP contribution in [0.15, 0.2) is 30.3 Å². The van der Waals surface area contributed by atoms with Gasteiger partial charge in [-0.05, 0) is 24.3 Å². The average molecular weight is 239 g/mol. The van der Waals surface area contributed by atoms with Gasteiger partial charge in [-0.2, -0.15) is 0 Å². The van der Waals surface area contributed by atoms with Gasteiger partial charge in [0, 0.05) is 11.3 Å². The van der Waals surface area contributed by atoms with E-state index in [1.165, 1.54) is 18.4 Å². The van der Waals surface area contributed by atoms with Crippen LogP contribution in [0.1, 0.15) is 45.6 Å². The van der Waals surface area contributed by atoms with Gasteiger partial charge in [0.2, 0.25) is 0 Å². The van der Waals surface area contributed by atoms with Gasteiger partial charge in [0.05, 0.1) is 0 Å². The number of hydrogen-bond donors (Lipinski definition) is 0. The summed E-state index contributed by atoms with van der Waals surface area (Å²) in [4.78, 5) is 0. The van der Waals surface area contributed by atoms with Gasteiger partial charge in [-0.3, -0.25) is 0 Å². The second-order valence-electron chi connectivity index (χ2n) is 4.85. The van der Waals surface area contributed by atoms with Crippen LogP contribution in [0.3, 0.4) is 0 Å². The molecule has 0 radical (unpaired) electrons. The lowest BCUT2D eigenvalue weighted by molar-refractivity contribution is 0.340. The van der Waals surface area contributed by atoms with Crippen LogP contribution < -0.4 is 0 Å². The normalized spacial score (nSPS) is 16.8. The van der Waals surface area contributed by atoms with Crippen molar-refractivity contribution in [2.45, 2.75) is 45.4 Å². The zero-order chi connectivity index (χ0) is 12.0. The van der Waals surface area contributed by atoms with Gasteiger partial charge in [-0.15, -0.1) is 11.6 Å². The molecular formula is C15H23Cl. The van der Waals surface area contributed by atoms with Crippen molar-refractivity contribution in [1.29, 1.82) is 0 Å².